The lowest BCUT2D eigenvalue weighted by Gasteiger charge is -2.40. The first kappa shape index (κ1) is 35.5. The van der Waals surface area contributed by atoms with Crippen LogP contribution in [0.2, 0.25) is 0 Å². The number of nitrogens with one attached hydrogen (secondary N) is 2. The fraction of sp³-hybridized carbons (Fsp3) is 0.517. The molecule has 1 atom stereocenters. The molecule has 1 unspecified atom stereocenters. The number of carboxylic acid groups (broad SMARTS) is 1. The second kappa shape index (κ2) is 13.7. The van der Waals surface area contributed by atoms with Crippen molar-refractivity contribution in [1.29, 1.82) is 0 Å². The zero-order chi connectivity index (χ0) is 33.6. The number of aromatic nitrogens is 1. The van der Waals surface area contributed by atoms with Gasteiger partial charge in [-0.15, -0.1) is 0 Å². The summed E-state index contributed by atoms with van der Waals surface area (Å²) in [6.07, 6.45) is -1.77. The predicted octanol–water partition coefficient (Wildman–Crippen LogP) is 6.86. The molecule has 0 spiro atoms. The Labute approximate surface area is 255 Å². The number of pyridine rings is 1. The van der Waals surface area contributed by atoms with E-state index in [1.165, 1.54) is 12.3 Å². The van der Waals surface area contributed by atoms with E-state index in [1.54, 1.807) is 62.3 Å². The molecule has 3 N–H and O–H groups in total. The molecule has 2 aromatic rings. The van der Waals surface area contributed by atoms with Crippen molar-refractivity contribution in [2.45, 2.75) is 79.6 Å². The number of halogens is 1. The molecule has 242 valence electrons. The van der Waals surface area contributed by atoms with Crippen molar-refractivity contribution < 1.29 is 43.0 Å². The Morgan fingerprint density at radius 2 is 1.59 bits per heavy atom. The Bertz CT molecular complexity index is 1380. The molecule has 44 heavy (non-hydrogen) atoms. The quantitative estimate of drug-likeness (QED) is 0.197. The smallest absolute Gasteiger partial charge is 0.413 e. The van der Waals surface area contributed by atoms with E-state index >= 15 is 0 Å². The second-order valence-corrected chi connectivity index (χ2v) is 12.8. The fourth-order valence-corrected chi connectivity index (χ4v) is 4.10. The van der Waals surface area contributed by atoms with Gasteiger partial charge in [-0.2, -0.15) is 0 Å². The van der Waals surface area contributed by atoms with E-state index in [-0.39, 0.29) is 30.2 Å². The van der Waals surface area contributed by atoms with Crippen LogP contribution < -0.4 is 15.4 Å². The van der Waals surface area contributed by atoms with Crippen LogP contribution in [0.15, 0.2) is 30.5 Å². The van der Waals surface area contributed by atoms with Crippen LogP contribution in [0.25, 0.3) is 0 Å². The number of ether oxygens (including phenoxy) is 3. The van der Waals surface area contributed by atoms with Gasteiger partial charge in [0.2, 0.25) is 0 Å². The number of nitrogens with zero attached hydrogens (tertiary/aromatic N) is 3. The lowest BCUT2D eigenvalue weighted by atomic mass is 9.81. The molecule has 2 rings (SSSR count). The average Bonchev–Trinajstić information content (AvgIpc) is 2.82. The van der Waals surface area contributed by atoms with Crippen molar-refractivity contribution in [3.63, 3.8) is 0 Å². The van der Waals surface area contributed by atoms with Crippen LogP contribution in [0, 0.1) is 21.3 Å². The number of nitro benzene ring substituents is 1. The molecule has 1 aromatic heterocycles. The summed E-state index contributed by atoms with van der Waals surface area (Å²) in [4.78, 5) is 53.3. The highest BCUT2D eigenvalue weighted by Gasteiger charge is 2.40. The van der Waals surface area contributed by atoms with Crippen LogP contribution in [0.3, 0.4) is 0 Å². The van der Waals surface area contributed by atoms with Gasteiger partial charge >= 0.3 is 18.3 Å². The Morgan fingerprint density at radius 3 is 2.09 bits per heavy atom. The SMILES string of the molecule is CC(C)(C)OC(=O)NCCN(C(=O)O)C(c1c(Oc2ccc([N+](=O)[O-])cc2F)ccnc1NC(=O)OC(C)(C)C)C(C)(C)C. The Balaban J connectivity index is 2.67. The molecular weight excluding hydrogens is 581 g/mol. The van der Waals surface area contributed by atoms with Crippen molar-refractivity contribution in [1.82, 2.24) is 15.2 Å². The Hall–Kier alpha value is -4.69. The minimum atomic E-state index is -1.38. The third kappa shape index (κ3) is 10.5. The van der Waals surface area contributed by atoms with Gasteiger partial charge in [-0.25, -0.2) is 23.8 Å². The minimum Gasteiger partial charge on any atom is -0.465 e. The van der Waals surface area contributed by atoms with E-state index in [2.05, 4.69) is 15.6 Å². The first-order valence-corrected chi connectivity index (χ1v) is 13.7. The number of anilines is 1. The lowest BCUT2D eigenvalue weighted by molar-refractivity contribution is -0.385. The molecule has 0 aliphatic carbocycles. The second-order valence-electron chi connectivity index (χ2n) is 12.8. The van der Waals surface area contributed by atoms with E-state index < -0.39 is 63.1 Å². The molecule has 3 amide bonds. The standard InChI is InChI=1S/C29H40FN5O9/c1-27(2,3)22(34(26(38)39)15-14-32-24(36)43-28(4,5)6)21-20(42-19-11-10-17(35(40)41)16-18(19)30)12-13-31-23(21)33-25(37)44-29(7,8)9/h10-13,16,22H,14-15H2,1-9H3,(H,32,36)(H,38,39)(H,31,33,37). The number of nitro groups is 1. The normalized spacial score (nSPS) is 12.5. The van der Waals surface area contributed by atoms with Crippen LogP contribution in [-0.4, -0.2) is 62.5 Å². The minimum absolute atomic E-state index is 0.0447. The number of carbonyl (C=O) groups is 3. The van der Waals surface area contributed by atoms with Gasteiger partial charge in [0.15, 0.2) is 11.6 Å². The average molecular weight is 622 g/mol. The van der Waals surface area contributed by atoms with Crippen LogP contribution in [0.4, 0.5) is 30.3 Å². The summed E-state index contributed by atoms with van der Waals surface area (Å²) < 4.78 is 31.4. The van der Waals surface area contributed by atoms with Crippen molar-refractivity contribution in [3.8, 4) is 11.5 Å². The lowest BCUT2D eigenvalue weighted by Crippen LogP contribution is -2.45. The zero-order valence-corrected chi connectivity index (χ0v) is 26.3. The summed E-state index contributed by atoms with van der Waals surface area (Å²) in [5.74, 6) is -1.67. The van der Waals surface area contributed by atoms with Gasteiger partial charge in [0, 0.05) is 25.4 Å². The molecule has 1 aromatic carbocycles. The number of hydrogen-bond acceptors (Lipinski definition) is 9. The van der Waals surface area contributed by atoms with Gasteiger partial charge in [0.1, 0.15) is 22.8 Å². The van der Waals surface area contributed by atoms with Crippen molar-refractivity contribution in [3.05, 3.63) is 52.0 Å². The Morgan fingerprint density at radius 1 is 1.00 bits per heavy atom. The zero-order valence-electron chi connectivity index (χ0n) is 26.3. The number of amides is 3. The molecule has 0 saturated heterocycles. The van der Waals surface area contributed by atoms with Crippen LogP contribution >= 0.6 is 0 Å². The van der Waals surface area contributed by atoms with E-state index in [1.807, 2.05) is 0 Å². The van der Waals surface area contributed by atoms with Crippen molar-refractivity contribution in [2.75, 3.05) is 18.4 Å². The molecule has 0 radical (unpaired) electrons. The summed E-state index contributed by atoms with van der Waals surface area (Å²) in [5.41, 5.74) is -3.03. The van der Waals surface area contributed by atoms with Gasteiger partial charge in [-0.1, -0.05) is 20.8 Å². The van der Waals surface area contributed by atoms with E-state index in [0.29, 0.717) is 6.07 Å². The van der Waals surface area contributed by atoms with Crippen LogP contribution in [0.5, 0.6) is 11.5 Å². The van der Waals surface area contributed by atoms with Gasteiger partial charge in [0.05, 0.1) is 22.6 Å². The number of rotatable bonds is 9. The number of carbonyl (C=O) groups excluding carboxylic acids is 2. The molecule has 0 bridgehead atoms. The van der Waals surface area contributed by atoms with Crippen molar-refractivity contribution in [2.24, 2.45) is 5.41 Å². The van der Waals surface area contributed by atoms with Crippen LogP contribution in [-0.2, 0) is 9.47 Å². The third-order valence-corrected chi connectivity index (χ3v) is 5.59. The van der Waals surface area contributed by atoms with Gasteiger partial charge in [0.25, 0.3) is 5.69 Å². The monoisotopic (exact) mass is 621 g/mol. The fourth-order valence-electron chi connectivity index (χ4n) is 4.10. The number of non-ortho nitro benzene ring substituents is 1. The number of alkyl carbamates (subject to hydrolysis) is 1. The summed E-state index contributed by atoms with van der Waals surface area (Å²) in [5, 5.41) is 26.5. The number of benzene rings is 1. The summed E-state index contributed by atoms with van der Waals surface area (Å²) in [7, 11) is 0. The topological polar surface area (TPSA) is 182 Å². The van der Waals surface area contributed by atoms with E-state index in [9.17, 15) is 34.0 Å². The molecule has 0 saturated carbocycles. The molecule has 15 heteroatoms. The maximum absolute atomic E-state index is 14.9. The summed E-state index contributed by atoms with van der Waals surface area (Å²) in [6.45, 7) is 14.8. The molecular formula is C29H40FN5O9. The molecule has 0 aliphatic rings. The highest BCUT2D eigenvalue weighted by Crippen LogP contribution is 2.46. The number of hydrogen-bond donors (Lipinski definition) is 3. The molecule has 1 heterocycles. The van der Waals surface area contributed by atoms with Gasteiger partial charge < -0.3 is 24.6 Å². The highest BCUT2D eigenvalue weighted by atomic mass is 19.1. The van der Waals surface area contributed by atoms with Crippen molar-refractivity contribution >= 4 is 29.8 Å². The predicted molar refractivity (Wildman–Crippen MR) is 158 cm³/mol. The summed E-state index contributed by atoms with van der Waals surface area (Å²) in [6, 6.07) is 3.02. The molecule has 0 fully saturated rings. The van der Waals surface area contributed by atoms with Gasteiger partial charge in [-0.3, -0.25) is 20.3 Å². The van der Waals surface area contributed by atoms with E-state index in [4.69, 9.17) is 14.2 Å². The maximum Gasteiger partial charge on any atom is 0.413 e. The van der Waals surface area contributed by atoms with Gasteiger partial charge in [-0.05, 0) is 59.1 Å². The maximum atomic E-state index is 14.9. The molecule has 14 nitrogen and oxygen atoms in total. The first-order chi connectivity index (χ1) is 20.1. The van der Waals surface area contributed by atoms with Crippen LogP contribution in [0.1, 0.15) is 73.9 Å². The highest BCUT2D eigenvalue weighted by molar-refractivity contribution is 5.85. The third-order valence-electron chi connectivity index (χ3n) is 5.59. The first-order valence-electron chi connectivity index (χ1n) is 13.7. The molecule has 0 aliphatic heterocycles. The largest absolute Gasteiger partial charge is 0.465 e. The summed E-state index contributed by atoms with van der Waals surface area (Å²) >= 11 is 0. The Kier molecular flexibility index (Phi) is 11.1. The van der Waals surface area contributed by atoms with E-state index in [0.717, 1.165) is 17.0 Å².